The third-order valence-electron chi connectivity index (χ3n) is 3.80. The summed E-state index contributed by atoms with van der Waals surface area (Å²) >= 11 is 0. The molecule has 1 aliphatic heterocycles. The van der Waals surface area contributed by atoms with Crippen LogP contribution in [-0.4, -0.2) is 23.9 Å². The molecule has 22 heavy (non-hydrogen) atoms. The summed E-state index contributed by atoms with van der Waals surface area (Å²) in [6.45, 7) is -0.0896. The van der Waals surface area contributed by atoms with E-state index >= 15 is 0 Å². The van der Waals surface area contributed by atoms with E-state index < -0.39 is 5.97 Å². The van der Waals surface area contributed by atoms with Gasteiger partial charge < -0.3 is 5.11 Å². The number of carboxylic acid groups (broad SMARTS) is 1. The fraction of sp³-hybridized carbons (Fsp3) is 0.235. The highest BCUT2D eigenvalue weighted by Gasteiger charge is 2.34. The van der Waals surface area contributed by atoms with E-state index in [0.29, 0.717) is 0 Å². The molecule has 0 unspecified atom stereocenters. The lowest BCUT2D eigenvalue weighted by Gasteiger charge is -2.19. The van der Waals surface area contributed by atoms with Crippen molar-refractivity contribution in [1.29, 1.82) is 0 Å². The molecule has 1 aliphatic rings. The van der Waals surface area contributed by atoms with E-state index in [2.05, 4.69) is 40.2 Å². The molecule has 3 rings (SSSR count). The Kier molecular flexibility index (Phi) is 4.48. The van der Waals surface area contributed by atoms with Gasteiger partial charge in [0.15, 0.2) is 0 Å². The van der Waals surface area contributed by atoms with Crippen molar-refractivity contribution in [1.82, 2.24) is 16.0 Å². The first kappa shape index (κ1) is 14.7. The van der Waals surface area contributed by atoms with Gasteiger partial charge in [-0.15, -0.1) is 0 Å². The first-order chi connectivity index (χ1) is 10.7. The predicted octanol–water partition coefficient (Wildman–Crippen LogP) is 1.62. The van der Waals surface area contributed by atoms with Crippen LogP contribution in [0.4, 0.5) is 0 Å². The molecule has 5 nitrogen and oxygen atoms in total. The topological polar surface area (TPSA) is 73.4 Å². The highest BCUT2D eigenvalue weighted by atomic mass is 16.4. The van der Waals surface area contributed by atoms with Crippen molar-refractivity contribution in [2.24, 2.45) is 0 Å². The summed E-state index contributed by atoms with van der Waals surface area (Å²) in [6.07, 6.45) is -0.244. The van der Waals surface area contributed by atoms with Gasteiger partial charge in [-0.2, -0.15) is 0 Å². The van der Waals surface area contributed by atoms with Crippen LogP contribution < -0.4 is 16.0 Å². The third kappa shape index (κ3) is 3.33. The standard InChI is InChI=1S/C17H19N3O2/c21-14(22)11-18-17-19-15(12-7-3-1-4-8-12)16(20-17)13-9-5-2-6-10-13/h1-10,15-20H,11H2,(H,21,22)/t15-,16-/m0/s1. The average molecular weight is 297 g/mol. The zero-order valence-corrected chi connectivity index (χ0v) is 12.1. The Hall–Kier alpha value is -2.21. The lowest BCUT2D eigenvalue weighted by molar-refractivity contribution is -0.136. The quantitative estimate of drug-likeness (QED) is 0.675. The molecule has 4 N–H and O–H groups in total. The van der Waals surface area contributed by atoms with E-state index in [1.165, 1.54) is 11.1 Å². The Bertz CT molecular complexity index is 571. The Balaban J connectivity index is 1.82. The Morgan fingerprint density at radius 2 is 1.36 bits per heavy atom. The van der Waals surface area contributed by atoms with Crippen molar-refractivity contribution in [3.8, 4) is 0 Å². The molecule has 5 heteroatoms. The molecule has 2 aromatic rings. The smallest absolute Gasteiger partial charge is 0.317 e. The van der Waals surface area contributed by atoms with Crippen molar-refractivity contribution in [3.05, 3.63) is 71.8 Å². The lowest BCUT2D eigenvalue weighted by atomic mass is 9.95. The molecule has 0 radical (unpaired) electrons. The molecule has 0 amide bonds. The number of nitrogens with one attached hydrogen (secondary N) is 3. The number of hydrogen-bond acceptors (Lipinski definition) is 4. The van der Waals surface area contributed by atoms with Crippen LogP contribution in [-0.2, 0) is 4.79 Å². The summed E-state index contributed by atoms with van der Waals surface area (Å²) in [4.78, 5) is 10.7. The maximum absolute atomic E-state index is 10.7. The van der Waals surface area contributed by atoms with Gasteiger partial charge in [-0.25, -0.2) is 0 Å². The zero-order valence-electron chi connectivity index (χ0n) is 12.1. The van der Waals surface area contributed by atoms with Gasteiger partial charge in [-0.3, -0.25) is 20.7 Å². The first-order valence-corrected chi connectivity index (χ1v) is 7.31. The highest BCUT2D eigenvalue weighted by Crippen LogP contribution is 2.32. The molecular weight excluding hydrogens is 278 g/mol. The highest BCUT2D eigenvalue weighted by molar-refractivity contribution is 5.69. The molecular formula is C17H19N3O2. The second-order valence-corrected chi connectivity index (χ2v) is 5.32. The third-order valence-corrected chi connectivity index (χ3v) is 3.80. The Labute approximate surface area is 129 Å². The maximum Gasteiger partial charge on any atom is 0.317 e. The fourth-order valence-corrected chi connectivity index (χ4v) is 2.81. The molecule has 0 aromatic heterocycles. The zero-order chi connectivity index (χ0) is 15.4. The molecule has 1 saturated heterocycles. The average Bonchev–Trinajstić information content (AvgIpc) is 2.99. The van der Waals surface area contributed by atoms with Crippen molar-refractivity contribution in [2.45, 2.75) is 18.4 Å². The minimum absolute atomic E-state index is 0.0786. The van der Waals surface area contributed by atoms with Gasteiger partial charge in [0.1, 0.15) is 6.29 Å². The second-order valence-electron chi connectivity index (χ2n) is 5.32. The van der Waals surface area contributed by atoms with Crippen LogP contribution in [0.2, 0.25) is 0 Å². The Morgan fingerprint density at radius 3 is 1.77 bits per heavy atom. The summed E-state index contributed by atoms with van der Waals surface area (Å²) in [5.74, 6) is -0.872. The fourth-order valence-electron chi connectivity index (χ4n) is 2.81. The first-order valence-electron chi connectivity index (χ1n) is 7.31. The summed E-state index contributed by atoms with van der Waals surface area (Å²) < 4.78 is 0. The number of carboxylic acids is 1. The van der Waals surface area contributed by atoms with E-state index in [9.17, 15) is 4.79 Å². The monoisotopic (exact) mass is 297 g/mol. The van der Waals surface area contributed by atoms with Crippen LogP contribution in [0.5, 0.6) is 0 Å². The number of aliphatic carboxylic acids is 1. The van der Waals surface area contributed by atoms with Gasteiger partial charge in [0.25, 0.3) is 0 Å². The van der Waals surface area contributed by atoms with E-state index in [1.54, 1.807) is 0 Å². The molecule has 0 aliphatic carbocycles. The van der Waals surface area contributed by atoms with E-state index in [-0.39, 0.29) is 24.9 Å². The van der Waals surface area contributed by atoms with E-state index in [0.717, 1.165) is 0 Å². The summed E-state index contributed by atoms with van der Waals surface area (Å²) in [5.41, 5.74) is 2.34. The minimum Gasteiger partial charge on any atom is -0.480 e. The van der Waals surface area contributed by atoms with Crippen LogP contribution in [0.3, 0.4) is 0 Å². The van der Waals surface area contributed by atoms with Gasteiger partial charge in [-0.05, 0) is 11.1 Å². The molecule has 2 atom stereocenters. The van der Waals surface area contributed by atoms with Crippen molar-refractivity contribution in [3.63, 3.8) is 0 Å². The molecule has 0 spiro atoms. The summed E-state index contributed by atoms with van der Waals surface area (Å²) in [6, 6.07) is 20.5. The SMILES string of the molecule is O=C(O)CNC1N[C@@H](c2ccccc2)[C@H](c2ccccc2)N1. The molecule has 1 fully saturated rings. The van der Waals surface area contributed by atoms with Crippen LogP contribution in [0.25, 0.3) is 0 Å². The van der Waals surface area contributed by atoms with E-state index in [1.807, 2.05) is 36.4 Å². The van der Waals surface area contributed by atoms with Gasteiger partial charge in [-0.1, -0.05) is 60.7 Å². The van der Waals surface area contributed by atoms with Crippen molar-refractivity contribution in [2.75, 3.05) is 6.54 Å². The number of hydrogen-bond donors (Lipinski definition) is 4. The van der Waals surface area contributed by atoms with Gasteiger partial charge in [0, 0.05) is 0 Å². The minimum atomic E-state index is -0.872. The lowest BCUT2D eigenvalue weighted by Crippen LogP contribution is -2.47. The summed E-state index contributed by atoms with van der Waals surface area (Å²) in [5, 5.41) is 18.6. The predicted molar refractivity (Wildman–Crippen MR) is 84.1 cm³/mol. The van der Waals surface area contributed by atoms with Gasteiger partial charge >= 0.3 is 5.97 Å². The van der Waals surface area contributed by atoms with Crippen LogP contribution in [0.15, 0.2) is 60.7 Å². The van der Waals surface area contributed by atoms with Crippen LogP contribution in [0.1, 0.15) is 23.2 Å². The maximum atomic E-state index is 10.7. The largest absolute Gasteiger partial charge is 0.480 e. The van der Waals surface area contributed by atoms with Crippen LogP contribution >= 0.6 is 0 Å². The normalized spacial score (nSPS) is 21.8. The molecule has 0 bridgehead atoms. The van der Waals surface area contributed by atoms with E-state index in [4.69, 9.17) is 5.11 Å². The molecule has 0 saturated carbocycles. The Morgan fingerprint density at radius 1 is 0.909 bits per heavy atom. The van der Waals surface area contributed by atoms with Crippen LogP contribution in [0, 0.1) is 0 Å². The number of rotatable bonds is 5. The van der Waals surface area contributed by atoms with Crippen molar-refractivity contribution < 1.29 is 9.90 Å². The second kappa shape index (κ2) is 6.70. The van der Waals surface area contributed by atoms with Gasteiger partial charge in [0.2, 0.25) is 0 Å². The molecule has 1 heterocycles. The number of carbonyl (C=O) groups is 1. The molecule has 2 aromatic carbocycles. The molecule has 114 valence electrons. The van der Waals surface area contributed by atoms with Crippen molar-refractivity contribution >= 4 is 5.97 Å². The summed E-state index contributed by atoms with van der Waals surface area (Å²) in [7, 11) is 0. The van der Waals surface area contributed by atoms with Gasteiger partial charge in [0.05, 0.1) is 18.6 Å². The number of benzene rings is 2.